The molecule has 1 unspecified atom stereocenters. The second kappa shape index (κ2) is 6.53. The Morgan fingerprint density at radius 2 is 2.05 bits per heavy atom. The molecule has 21 heavy (non-hydrogen) atoms. The van der Waals surface area contributed by atoms with Crippen molar-refractivity contribution < 1.29 is 13.5 Å². The Hall–Kier alpha value is -1.47. The van der Waals surface area contributed by atoms with E-state index in [9.17, 15) is 8.78 Å². The molecule has 4 nitrogen and oxygen atoms in total. The second-order valence-corrected chi connectivity index (χ2v) is 5.70. The van der Waals surface area contributed by atoms with Crippen molar-refractivity contribution in [3.05, 3.63) is 46.2 Å². The predicted octanol–water partition coefficient (Wildman–Crippen LogP) is 3.88. The van der Waals surface area contributed by atoms with Gasteiger partial charge >= 0.3 is 6.61 Å². The number of benzene rings is 1. The molecular weight excluding hydrogens is 344 g/mol. The first-order valence-electron chi connectivity index (χ1n) is 6.43. The Morgan fingerprint density at radius 1 is 1.33 bits per heavy atom. The lowest BCUT2D eigenvalue weighted by molar-refractivity contribution is -0.0498. The average Bonchev–Trinajstić information content (AvgIpc) is 2.79. The molecule has 1 heterocycles. The first kappa shape index (κ1) is 15.9. The second-order valence-electron chi connectivity index (χ2n) is 4.84. The molecule has 0 aliphatic carbocycles. The van der Waals surface area contributed by atoms with Crippen molar-refractivity contribution in [1.29, 1.82) is 0 Å². The van der Waals surface area contributed by atoms with Crippen LogP contribution >= 0.6 is 15.9 Å². The predicted molar refractivity (Wildman–Crippen MR) is 79.4 cm³/mol. The molecule has 0 aliphatic heterocycles. The number of halogens is 3. The van der Waals surface area contributed by atoms with Gasteiger partial charge in [0.1, 0.15) is 5.75 Å². The van der Waals surface area contributed by atoms with Crippen molar-refractivity contribution in [2.24, 2.45) is 5.73 Å². The lowest BCUT2D eigenvalue weighted by Gasteiger charge is -2.18. The van der Waals surface area contributed by atoms with E-state index in [0.717, 1.165) is 10.2 Å². The van der Waals surface area contributed by atoms with E-state index < -0.39 is 12.7 Å². The first-order chi connectivity index (χ1) is 9.90. The Kier molecular flexibility index (Phi) is 4.95. The van der Waals surface area contributed by atoms with Gasteiger partial charge in [0.2, 0.25) is 0 Å². The van der Waals surface area contributed by atoms with Crippen LogP contribution in [0.5, 0.6) is 5.75 Å². The summed E-state index contributed by atoms with van der Waals surface area (Å²) in [4.78, 5) is 0. The van der Waals surface area contributed by atoms with E-state index in [-0.39, 0.29) is 11.8 Å². The van der Waals surface area contributed by atoms with Gasteiger partial charge in [-0.25, -0.2) is 0 Å². The molecule has 0 amide bonds. The standard InChI is InChI=1S/C14H16BrF2N3O/c1-8(2)20-13(11(15)7-19-20)12(18)9-4-3-5-10(6-9)21-14(16)17/h3-8,12,14H,18H2,1-2H3. The van der Waals surface area contributed by atoms with Crippen molar-refractivity contribution in [2.75, 3.05) is 0 Å². The Bertz CT molecular complexity index is 616. The Morgan fingerprint density at radius 3 is 2.67 bits per heavy atom. The fraction of sp³-hybridized carbons (Fsp3) is 0.357. The van der Waals surface area contributed by atoms with Crippen LogP contribution in [0.1, 0.15) is 37.2 Å². The zero-order chi connectivity index (χ0) is 15.6. The van der Waals surface area contributed by atoms with Gasteiger partial charge in [0.15, 0.2) is 0 Å². The minimum Gasteiger partial charge on any atom is -0.435 e. The van der Waals surface area contributed by atoms with E-state index in [2.05, 4.69) is 25.8 Å². The van der Waals surface area contributed by atoms with E-state index in [1.54, 1.807) is 23.0 Å². The van der Waals surface area contributed by atoms with E-state index >= 15 is 0 Å². The SMILES string of the molecule is CC(C)n1ncc(Br)c1C(N)c1cccc(OC(F)F)c1. The summed E-state index contributed by atoms with van der Waals surface area (Å²) < 4.78 is 31.6. The van der Waals surface area contributed by atoms with Gasteiger partial charge in [0.05, 0.1) is 22.4 Å². The number of nitrogens with two attached hydrogens (primary N) is 1. The lowest BCUT2D eigenvalue weighted by Crippen LogP contribution is -2.19. The van der Waals surface area contributed by atoms with Gasteiger partial charge < -0.3 is 10.5 Å². The van der Waals surface area contributed by atoms with Crippen LogP contribution in [0.25, 0.3) is 0 Å². The van der Waals surface area contributed by atoms with Gasteiger partial charge in [-0.3, -0.25) is 4.68 Å². The molecule has 0 radical (unpaired) electrons. The number of hydrogen-bond donors (Lipinski definition) is 1. The van der Waals surface area contributed by atoms with Crippen LogP contribution < -0.4 is 10.5 Å². The minimum atomic E-state index is -2.86. The summed E-state index contributed by atoms with van der Waals surface area (Å²) in [6, 6.07) is 6.03. The molecule has 1 atom stereocenters. The monoisotopic (exact) mass is 359 g/mol. The van der Waals surface area contributed by atoms with Gasteiger partial charge in [-0.05, 0) is 47.5 Å². The molecule has 114 valence electrons. The van der Waals surface area contributed by atoms with E-state index in [0.29, 0.717) is 5.56 Å². The summed E-state index contributed by atoms with van der Waals surface area (Å²) >= 11 is 3.43. The van der Waals surface area contributed by atoms with Crippen LogP contribution in [0.3, 0.4) is 0 Å². The summed E-state index contributed by atoms with van der Waals surface area (Å²) in [6.07, 6.45) is 1.68. The summed E-state index contributed by atoms with van der Waals surface area (Å²) in [6.45, 7) is 1.13. The average molecular weight is 360 g/mol. The molecule has 0 bridgehead atoms. The molecule has 2 rings (SSSR count). The molecule has 0 aliphatic rings. The van der Waals surface area contributed by atoms with E-state index in [1.165, 1.54) is 12.1 Å². The number of ether oxygens (including phenoxy) is 1. The number of nitrogens with zero attached hydrogens (tertiary/aromatic N) is 2. The zero-order valence-electron chi connectivity index (χ0n) is 11.6. The van der Waals surface area contributed by atoms with Crippen LogP contribution in [-0.2, 0) is 0 Å². The lowest BCUT2D eigenvalue weighted by atomic mass is 10.0. The number of hydrogen-bond acceptors (Lipinski definition) is 3. The molecule has 0 spiro atoms. The molecule has 1 aromatic heterocycles. The van der Waals surface area contributed by atoms with Crippen molar-refractivity contribution in [3.63, 3.8) is 0 Å². The Balaban J connectivity index is 2.36. The molecule has 0 saturated carbocycles. The van der Waals surface area contributed by atoms with E-state index in [4.69, 9.17) is 5.73 Å². The third kappa shape index (κ3) is 3.59. The van der Waals surface area contributed by atoms with Crippen LogP contribution in [-0.4, -0.2) is 16.4 Å². The van der Waals surface area contributed by atoms with Gasteiger partial charge in [0, 0.05) is 6.04 Å². The highest BCUT2D eigenvalue weighted by molar-refractivity contribution is 9.10. The number of aromatic nitrogens is 2. The van der Waals surface area contributed by atoms with Gasteiger partial charge in [-0.15, -0.1) is 0 Å². The van der Waals surface area contributed by atoms with Gasteiger partial charge in [-0.1, -0.05) is 12.1 Å². The maximum Gasteiger partial charge on any atom is 0.387 e. The number of alkyl halides is 2. The zero-order valence-corrected chi connectivity index (χ0v) is 13.2. The molecule has 2 aromatic rings. The highest BCUT2D eigenvalue weighted by atomic mass is 79.9. The first-order valence-corrected chi connectivity index (χ1v) is 7.22. The summed E-state index contributed by atoms with van der Waals surface area (Å²) in [5.41, 5.74) is 7.73. The molecule has 7 heteroatoms. The molecular formula is C14H16BrF2N3O. The minimum absolute atomic E-state index is 0.0877. The van der Waals surface area contributed by atoms with Crippen molar-refractivity contribution >= 4 is 15.9 Å². The molecule has 1 aromatic carbocycles. The summed E-state index contributed by atoms with van der Waals surface area (Å²) in [5, 5.41) is 4.27. The van der Waals surface area contributed by atoms with Crippen LogP contribution in [0.2, 0.25) is 0 Å². The smallest absolute Gasteiger partial charge is 0.387 e. The normalized spacial score (nSPS) is 13.0. The van der Waals surface area contributed by atoms with Crippen LogP contribution in [0, 0.1) is 0 Å². The fourth-order valence-electron chi connectivity index (χ4n) is 2.10. The van der Waals surface area contributed by atoms with Crippen LogP contribution in [0.15, 0.2) is 34.9 Å². The Labute approximate surface area is 130 Å². The third-order valence-corrected chi connectivity index (χ3v) is 3.62. The fourth-order valence-corrected chi connectivity index (χ4v) is 2.62. The molecule has 0 fully saturated rings. The molecule has 2 N–H and O–H groups in total. The highest BCUT2D eigenvalue weighted by Gasteiger charge is 2.20. The van der Waals surface area contributed by atoms with E-state index in [1.807, 2.05) is 13.8 Å². The summed E-state index contributed by atoms with van der Waals surface area (Å²) in [7, 11) is 0. The topological polar surface area (TPSA) is 53.1 Å². The highest BCUT2D eigenvalue weighted by Crippen LogP contribution is 2.30. The largest absolute Gasteiger partial charge is 0.435 e. The number of rotatable bonds is 5. The summed E-state index contributed by atoms with van der Waals surface area (Å²) in [5.74, 6) is 0.0877. The van der Waals surface area contributed by atoms with Gasteiger partial charge in [0.25, 0.3) is 0 Å². The third-order valence-electron chi connectivity index (χ3n) is 3.01. The molecule has 0 saturated heterocycles. The maximum atomic E-state index is 12.3. The van der Waals surface area contributed by atoms with Crippen molar-refractivity contribution in [3.8, 4) is 5.75 Å². The quantitative estimate of drug-likeness (QED) is 0.881. The van der Waals surface area contributed by atoms with Crippen molar-refractivity contribution in [1.82, 2.24) is 9.78 Å². The van der Waals surface area contributed by atoms with Crippen molar-refractivity contribution in [2.45, 2.75) is 32.5 Å². The van der Waals surface area contributed by atoms with Crippen LogP contribution in [0.4, 0.5) is 8.78 Å². The van der Waals surface area contributed by atoms with Gasteiger partial charge in [-0.2, -0.15) is 13.9 Å². The maximum absolute atomic E-state index is 12.3.